The molecule has 0 saturated carbocycles. The van der Waals surface area contributed by atoms with Gasteiger partial charge in [-0.25, -0.2) is 0 Å². The number of aryl methyl sites for hydroxylation is 1. The van der Waals surface area contributed by atoms with Gasteiger partial charge < -0.3 is 10.5 Å². The molecule has 0 amide bonds. The van der Waals surface area contributed by atoms with Crippen LogP contribution in [0.4, 0.5) is 5.69 Å². The van der Waals surface area contributed by atoms with E-state index in [2.05, 4.69) is 4.98 Å². The van der Waals surface area contributed by atoms with Crippen molar-refractivity contribution >= 4 is 11.5 Å². The Hall–Kier alpha value is -2.36. The van der Waals surface area contributed by atoms with Crippen molar-refractivity contribution in [2.75, 3.05) is 5.73 Å². The van der Waals surface area contributed by atoms with Crippen LogP contribution in [0.5, 0.6) is 11.5 Å². The molecule has 0 spiro atoms. The number of nitrogen functional groups attached to an aromatic ring is 1. The number of anilines is 1. The van der Waals surface area contributed by atoms with Gasteiger partial charge in [0.05, 0.1) is 6.20 Å². The van der Waals surface area contributed by atoms with E-state index < -0.39 is 0 Å². The van der Waals surface area contributed by atoms with Crippen molar-refractivity contribution in [3.63, 3.8) is 0 Å². The molecule has 4 nitrogen and oxygen atoms in total. The molecule has 0 aliphatic carbocycles. The predicted molar refractivity (Wildman–Crippen MR) is 69.9 cm³/mol. The van der Waals surface area contributed by atoms with Crippen LogP contribution in [0.1, 0.15) is 23.0 Å². The normalized spacial score (nSPS) is 10.1. The second-order valence-corrected chi connectivity index (χ2v) is 4.04. The summed E-state index contributed by atoms with van der Waals surface area (Å²) < 4.78 is 5.61. The lowest BCUT2D eigenvalue weighted by atomic mass is 10.1. The Balaban J connectivity index is 2.27. The van der Waals surface area contributed by atoms with Crippen LogP contribution in [-0.2, 0) is 0 Å². The number of pyridine rings is 1. The van der Waals surface area contributed by atoms with Crippen LogP contribution in [0.3, 0.4) is 0 Å². The van der Waals surface area contributed by atoms with Crippen LogP contribution < -0.4 is 10.5 Å². The fourth-order valence-electron chi connectivity index (χ4n) is 1.55. The first-order valence-electron chi connectivity index (χ1n) is 5.57. The van der Waals surface area contributed by atoms with E-state index in [1.807, 2.05) is 19.1 Å². The predicted octanol–water partition coefficient (Wildman–Crippen LogP) is 2.97. The number of carbonyl (C=O) groups is 1. The van der Waals surface area contributed by atoms with Crippen molar-refractivity contribution in [2.45, 2.75) is 13.8 Å². The number of aromatic nitrogens is 1. The average Bonchev–Trinajstić information content (AvgIpc) is 2.34. The van der Waals surface area contributed by atoms with Gasteiger partial charge in [-0.05, 0) is 44.2 Å². The smallest absolute Gasteiger partial charge is 0.162 e. The number of ether oxygens (including phenoxy) is 1. The summed E-state index contributed by atoms with van der Waals surface area (Å²) in [6.07, 6.45) is 1.64. The summed E-state index contributed by atoms with van der Waals surface area (Å²) in [5, 5.41) is 0. The van der Waals surface area contributed by atoms with Crippen molar-refractivity contribution in [1.29, 1.82) is 0 Å². The van der Waals surface area contributed by atoms with Gasteiger partial charge >= 0.3 is 0 Å². The summed E-state index contributed by atoms with van der Waals surface area (Å²) in [7, 11) is 0. The molecular formula is C14H14N2O2. The highest BCUT2D eigenvalue weighted by Crippen LogP contribution is 2.25. The van der Waals surface area contributed by atoms with Crippen LogP contribution in [0.2, 0.25) is 0 Å². The van der Waals surface area contributed by atoms with Crippen LogP contribution in [0, 0.1) is 6.92 Å². The maximum Gasteiger partial charge on any atom is 0.162 e. The topological polar surface area (TPSA) is 65.2 Å². The largest absolute Gasteiger partial charge is 0.456 e. The van der Waals surface area contributed by atoms with Crippen LogP contribution >= 0.6 is 0 Å². The van der Waals surface area contributed by atoms with E-state index in [0.29, 0.717) is 22.7 Å². The standard InChI is InChI=1S/C14H14N2O2/c1-9-3-4-12(8-16-9)18-11-5-6-14(15)13(7-11)10(2)17/h3-8H,15H2,1-2H3. The maximum absolute atomic E-state index is 11.4. The summed E-state index contributed by atoms with van der Waals surface area (Å²) in [4.78, 5) is 15.5. The zero-order valence-corrected chi connectivity index (χ0v) is 10.3. The lowest BCUT2D eigenvalue weighted by molar-refractivity contribution is 0.101. The van der Waals surface area contributed by atoms with Crippen molar-refractivity contribution in [3.05, 3.63) is 47.8 Å². The zero-order valence-electron chi connectivity index (χ0n) is 10.3. The molecule has 0 radical (unpaired) electrons. The minimum Gasteiger partial charge on any atom is -0.456 e. The highest BCUT2D eigenvalue weighted by molar-refractivity contribution is 5.99. The van der Waals surface area contributed by atoms with E-state index in [1.165, 1.54) is 6.92 Å². The van der Waals surface area contributed by atoms with Crippen molar-refractivity contribution < 1.29 is 9.53 Å². The Morgan fingerprint density at radius 2 is 1.94 bits per heavy atom. The molecule has 2 aromatic rings. The Morgan fingerprint density at radius 3 is 2.56 bits per heavy atom. The molecule has 0 bridgehead atoms. The minimum atomic E-state index is -0.0834. The molecule has 2 N–H and O–H groups in total. The molecule has 0 aliphatic rings. The van der Waals surface area contributed by atoms with E-state index in [0.717, 1.165) is 5.69 Å². The lowest BCUT2D eigenvalue weighted by Crippen LogP contribution is -1.99. The number of nitrogens with zero attached hydrogens (tertiary/aromatic N) is 1. The van der Waals surface area contributed by atoms with Gasteiger partial charge in [-0.2, -0.15) is 0 Å². The van der Waals surface area contributed by atoms with Gasteiger partial charge in [0.2, 0.25) is 0 Å². The molecule has 2 rings (SSSR count). The molecule has 1 heterocycles. The lowest BCUT2D eigenvalue weighted by Gasteiger charge is -2.08. The first-order chi connectivity index (χ1) is 8.56. The Morgan fingerprint density at radius 1 is 1.22 bits per heavy atom. The Bertz CT molecular complexity index is 577. The van der Waals surface area contributed by atoms with Crippen molar-refractivity contribution in [2.24, 2.45) is 0 Å². The summed E-state index contributed by atoms with van der Waals surface area (Å²) in [5.41, 5.74) is 7.56. The maximum atomic E-state index is 11.4. The molecule has 4 heteroatoms. The van der Waals surface area contributed by atoms with Gasteiger partial charge in [-0.3, -0.25) is 9.78 Å². The summed E-state index contributed by atoms with van der Waals surface area (Å²) in [5.74, 6) is 1.11. The van der Waals surface area contributed by atoms with Gasteiger partial charge in [0.25, 0.3) is 0 Å². The molecule has 0 atom stereocenters. The molecule has 0 saturated heterocycles. The molecule has 92 valence electrons. The molecule has 0 fully saturated rings. The first kappa shape index (κ1) is 12.1. The minimum absolute atomic E-state index is 0.0834. The number of carbonyl (C=O) groups excluding carboxylic acids is 1. The van der Waals surface area contributed by atoms with Crippen LogP contribution in [0.25, 0.3) is 0 Å². The van der Waals surface area contributed by atoms with Crippen molar-refractivity contribution in [3.8, 4) is 11.5 Å². The molecule has 1 aromatic heterocycles. The van der Waals surface area contributed by atoms with Gasteiger partial charge in [-0.1, -0.05) is 0 Å². The SMILES string of the molecule is CC(=O)c1cc(Oc2ccc(C)nc2)ccc1N. The summed E-state index contributed by atoms with van der Waals surface area (Å²) >= 11 is 0. The number of hydrogen-bond donors (Lipinski definition) is 1. The first-order valence-corrected chi connectivity index (χ1v) is 5.57. The quantitative estimate of drug-likeness (QED) is 0.663. The Kier molecular flexibility index (Phi) is 3.28. The van der Waals surface area contributed by atoms with Gasteiger partial charge in [0.15, 0.2) is 5.78 Å². The molecule has 1 aromatic carbocycles. The van der Waals surface area contributed by atoms with E-state index in [1.54, 1.807) is 24.4 Å². The second kappa shape index (κ2) is 4.87. The average molecular weight is 242 g/mol. The van der Waals surface area contributed by atoms with E-state index in [-0.39, 0.29) is 5.78 Å². The van der Waals surface area contributed by atoms with Gasteiger partial charge in [0, 0.05) is 16.9 Å². The Labute approximate surface area is 105 Å². The number of hydrogen-bond acceptors (Lipinski definition) is 4. The monoisotopic (exact) mass is 242 g/mol. The third-order valence-electron chi connectivity index (χ3n) is 2.52. The zero-order chi connectivity index (χ0) is 13.1. The number of benzene rings is 1. The second-order valence-electron chi connectivity index (χ2n) is 4.04. The van der Waals surface area contributed by atoms with E-state index in [9.17, 15) is 4.79 Å². The van der Waals surface area contributed by atoms with E-state index in [4.69, 9.17) is 10.5 Å². The highest BCUT2D eigenvalue weighted by atomic mass is 16.5. The number of rotatable bonds is 3. The molecule has 18 heavy (non-hydrogen) atoms. The fraction of sp³-hybridized carbons (Fsp3) is 0.143. The number of ketones is 1. The molecular weight excluding hydrogens is 228 g/mol. The molecule has 0 unspecified atom stereocenters. The van der Waals surface area contributed by atoms with Gasteiger partial charge in [-0.15, -0.1) is 0 Å². The van der Waals surface area contributed by atoms with Crippen molar-refractivity contribution in [1.82, 2.24) is 4.98 Å². The van der Waals surface area contributed by atoms with Crippen LogP contribution in [-0.4, -0.2) is 10.8 Å². The van der Waals surface area contributed by atoms with Gasteiger partial charge in [0.1, 0.15) is 11.5 Å². The van der Waals surface area contributed by atoms with Crippen LogP contribution in [0.15, 0.2) is 36.5 Å². The summed E-state index contributed by atoms with van der Waals surface area (Å²) in [6.45, 7) is 3.38. The number of nitrogens with two attached hydrogens (primary N) is 1. The van der Waals surface area contributed by atoms with E-state index >= 15 is 0 Å². The third kappa shape index (κ3) is 2.66. The number of Topliss-reactive ketones (excluding diaryl/α,β-unsaturated/α-hetero) is 1. The third-order valence-corrected chi connectivity index (χ3v) is 2.52. The summed E-state index contributed by atoms with van der Waals surface area (Å²) in [6, 6.07) is 8.71. The fourth-order valence-corrected chi connectivity index (χ4v) is 1.55. The highest BCUT2D eigenvalue weighted by Gasteiger charge is 2.07. The molecule has 0 aliphatic heterocycles.